The fraction of sp³-hybridized carbons (Fsp3) is 0.125. The number of hydrogen-bond acceptors (Lipinski definition) is 4. The van der Waals surface area contributed by atoms with Gasteiger partial charge in [0.25, 0.3) is 11.6 Å². The van der Waals surface area contributed by atoms with Crippen molar-refractivity contribution in [3.63, 3.8) is 0 Å². The van der Waals surface area contributed by atoms with E-state index in [2.05, 4.69) is 0 Å². The minimum atomic E-state index is -0.650. The Labute approximate surface area is 136 Å². The van der Waals surface area contributed by atoms with Crippen molar-refractivity contribution in [2.24, 2.45) is 0 Å². The Morgan fingerprint density at radius 1 is 1.21 bits per heavy atom. The largest absolute Gasteiger partial charge is 0.623 e. The topological polar surface area (TPSA) is 89.5 Å². The molecule has 1 amide bonds. The molecule has 0 atom stereocenters. The Balaban J connectivity index is 2.35. The van der Waals surface area contributed by atoms with Gasteiger partial charge in [0.05, 0.1) is 21.7 Å². The van der Waals surface area contributed by atoms with Crippen LogP contribution in [-0.4, -0.2) is 34.9 Å². The number of fused-ring (bicyclic) bond motifs is 1. The van der Waals surface area contributed by atoms with Crippen molar-refractivity contribution >= 4 is 23.0 Å². The van der Waals surface area contributed by atoms with E-state index in [1.54, 1.807) is 6.07 Å². The number of non-ortho nitro benzene ring substituents is 1. The van der Waals surface area contributed by atoms with Gasteiger partial charge in [0.1, 0.15) is 5.82 Å². The molecule has 2 aromatic carbocycles. The monoisotopic (exact) mass is 329 g/mol. The van der Waals surface area contributed by atoms with E-state index in [0.717, 1.165) is 0 Å². The van der Waals surface area contributed by atoms with E-state index in [-0.39, 0.29) is 22.5 Å². The van der Waals surface area contributed by atoms with Crippen LogP contribution in [0.5, 0.6) is 0 Å². The first-order chi connectivity index (χ1) is 11.4. The first kappa shape index (κ1) is 15.6. The number of carbonyl (C=O) groups is 1. The lowest BCUT2D eigenvalue weighted by Crippen LogP contribution is -2.31. The van der Waals surface area contributed by atoms with E-state index >= 15 is 0 Å². The molecule has 0 N–H and O–H groups in total. The molecule has 2 aromatic rings. The molecule has 3 rings (SSSR count). The second-order valence-electron chi connectivity index (χ2n) is 5.28. The van der Waals surface area contributed by atoms with E-state index in [4.69, 9.17) is 0 Å². The summed E-state index contributed by atoms with van der Waals surface area (Å²) >= 11 is 0. The summed E-state index contributed by atoms with van der Waals surface area (Å²) in [5, 5.41) is 23.5. The number of hydrogen-bond donors (Lipinski definition) is 0. The highest BCUT2D eigenvalue weighted by atomic mass is 19.1. The van der Waals surface area contributed by atoms with Crippen LogP contribution in [0.25, 0.3) is 0 Å². The minimum absolute atomic E-state index is 0.0163. The highest BCUT2D eigenvalue weighted by molar-refractivity contribution is 6.16. The number of carbonyl (C=O) groups excluding carboxylic acids is 1. The minimum Gasteiger partial charge on any atom is -0.623 e. The van der Waals surface area contributed by atoms with Gasteiger partial charge in [-0.25, -0.2) is 4.39 Å². The number of benzodiazepines with no additional fused rings is 1. The number of nitrogens with zero attached hydrogens (tertiary/aromatic N) is 3. The van der Waals surface area contributed by atoms with Crippen LogP contribution in [0.15, 0.2) is 42.5 Å². The van der Waals surface area contributed by atoms with Gasteiger partial charge >= 0.3 is 0 Å². The molecule has 24 heavy (non-hydrogen) atoms. The molecule has 0 aromatic heterocycles. The van der Waals surface area contributed by atoms with Gasteiger partial charge in [-0.2, -0.15) is 4.74 Å². The first-order valence-corrected chi connectivity index (χ1v) is 7.02. The lowest BCUT2D eigenvalue weighted by molar-refractivity contribution is -0.443. The molecule has 1 aliphatic heterocycles. The van der Waals surface area contributed by atoms with Gasteiger partial charge in [-0.05, 0) is 18.2 Å². The van der Waals surface area contributed by atoms with Crippen LogP contribution in [0.2, 0.25) is 0 Å². The molecule has 0 saturated heterocycles. The Kier molecular flexibility index (Phi) is 3.72. The Hall–Kier alpha value is -3.29. The molecule has 7 nitrogen and oxygen atoms in total. The van der Waals surface area contributed by atoms with Crippen LogP contribution in [-0.2, 0) is 4.79 Å². The Bertz CT molecular complexity index is 895. The van der Waals surface area contributed by atoms with E-state index in [1.165, 1.54) is 48.3 Å². The van der Waals surface area contributed by atoms with Crippen LogP contribution >= 0.6 is 0 Å². The number of anilines is 1. The van der Waals surface area contributed by atoms with Gasteiger partial charge < -0.3 is 10.1 Å². The molecule has 0 saturated carbocycles. The van der Waals surface area contributed by atoms with Gasteiger partial charge in [0, 0.05) is 19.2 Å². The van der Waals surface area contributed by atoms with Crippen LogP contribution in [0.4, 0.5) is 15.8 Å². The third kappa shape index (κ3) is 2.47. The van der Waals surface area contributed by atoms with Crippen molar-refractivity contribution in [1.82, 2.24) is 0 Å². The number of hydroxylamine groups is 1. The van der Waals surface area contributed by atoms with Crippen LogP contribution in [0, 0.1) is 21.1 Å². The van der Waals surface area contributed by atoms with Gasteiger partial charge in [0.2, 0.25) is 12.3 Å². The number of nitro groups is 1. The predicted octanol–water partition coefficient (Wildman–Crippen LogP) is 2.06. The highest BCUT2D eigenvalue weighted by Gasteiger charge is 2.32. The van der Waals surface area contributed by atoms with E-state index in [9.17, 15) is 24.5 Å². The van der Waals surface area contributed by atoms with Crippen LogP contribution < -0.4 is 4.90 Å². The maximum Gasteiger partial charge on any atom is 0.293 e. The lowest BCUT2D eigenvalue weighted by atomic mass is 9.99. The Morgan fingerprint density at radius 3 is 2.58 bits per heavy atom. The lowest BCUT2D eigenvalue weighted by Gasteiger charge is -2.15. The molecule has 0 spiro atoms. The second-order valence-corrected chi connectivity index (χ2v) is 5.28. The predicted molar refractivity (Wildman–Crippen MR) is 84.6 cm³/mol. The van der Waals surface area contributed by atoms with Crippen molar-refractivity contribution in [3.05, 3.63) is 74.7 Å². The van der Waals surface area contributed by atoms with Gasteiger partial charge in [0.15, 0.2) is 0 Å². The average molecular weight is 329 g/mol. The fourth-order valence-corrected chi connectivity index (χ4v) is 2.63. The molecule has 0 unspecified atom stereocenters. The molecular formula is C16H12FN3O4. The average Bonchev–Trinajstić information content (AvgIpc) is 2.64. The van der Waals surface area contributed by atoms with E-state index in [0.29, 0.717) is 10.4 Å². The standard InChI is InChI=1S/C16H12FN3O4/c1-18-14-7-6-10(20(23)24)8-12(14)16(19(22)9-15(18)21)11-4-2-3-5-13(11)17/h2-8H,9H2,1H3. The second kappa shape index (κ2) is 5.73. The molecule has 8 heteroatoms. The first-order valence-electron chi connectivity index (χ1n) is 7.02. The fourth-order valence-electron chi connectivity index (χ4n) is 2.63. The summed E-state index contributed by atoms with van der Waals surface area (Å²) in [6, 6.07) is 9.39. The zero-order valence-electron chi connectivity index (χ0n) is 12.6. The van der Waals surface area contributed by atoms with Crippen molar-refractivity contribution in [2.45, 2.75) is 0 Å². The smallest absolute Gasteiger partial charge is 0.293 e. The summed E-state index contributed by atoms with van der Waals surface area (Å²) in [5.74, 6) is -1.14. The van der Waals surface area contributed by atoms with Crippen LogP contribution in [0.1, 0.15) is 11.1 Å². The van der Waals surface area contributed by atoms with Crippen molar-refractivity contribution in [2.75, 3.05) is 18.5 Å². The number of halogens is 1. The van der Waals surface area contributed by atoms with Gasteiger partial charge in [-0.1, -0.05) is 12.1 Å². The SMILES string of the molecule is CN1C(=O)C[N+]([O-])=C(c2ccccc2F)c2cc([N+](=O)[O-])ccc21. The van der Waals surface area contributed by atoms with Gasteiger partial charge in [-0.3, -0.25) is 14.9 Å². The summed E-state index contributed by atoms with van der Waals surface area (Å²) < 4.78 is 14.6. The molecular weight excluding hydrogens is 317 g/mol. The molecule has 0 aliphatic carbocycles. The summed E-state index contributed by atoms with van der Waals surface area (Å²) in [6.45, 7) is -0.511. The molecule has 0 fully saturated rings. The van der Waals surface area contributed by atoms with Gasteiger partial charge in [-0.15, -0.1) is 0 Å². The third-order valence-corrected chi connectivity index (χ3v) is 3.84. The van der Waals surface area contributed by atoms with E-state index in [1.807, 2.05) is 0 Å². The molecule has 122 valence electrons. The molecule has 0 radical (unpaired) electrons. The molecule has 1 heterocycles. The Morgan fingerprint density at radius 2 is 1.92 bits per heavy atom. The van der Waals surface area contributed by atoms with Crippen LogP contribution in [0.3, 0.4) is 0 Å². The zero-order chi connectivity index (χ0) is 17.4. The van der Waals surface area contributed by atoms with Crippen molar-refractivity contribution in [1.29, 1.82) is 0 Å². The summed E-state index contributed by atoms with van der Waals surface area (Å²) in [4.78, 5) is 23.8. The van der Waals surface area contributed by atoms with Crippen molar-refractivity contribution < 1.29 is 18.8 Å². The third-order valence-electron chi connectivity index (χ3n) is 3.84. The molecule has 1 aliphatic rings. The highest BCUT2D eigenvalue weighted by Crippen LogP contribution is 2.30. The number of amides is 1. The number of nitro benzene ring substituents is 1. The number of rotatable bonds is 2. The van der Waals surface area contributed by atoms with Crippen molar-refractivity contribution in [3.8, 4) is 0 Å². The maximum atomic E-state index is 14.2. The number of benzene rings is 2. The maximum absolute atomic E-state index is 14.2. The summed E-state index contributed by atoms with van der Waals surface area (Å²) in [5.41, 5.74) is 0.0699. The zero-order valence-corrected chi connectivity index (χ0v) is 12.6. The number of likely N-dealkylation sites (N-methyl/N-ethyl adjacent to an activating group) is 1. The normalized spacial score (nSPS) is 14.4. The quantitative estimate of drug-likeness (QED) is 0.365. The van der Waals surface area contributed by atoms with E-state index < -0.39 is 23.2 Å². The molecule has 0 bridgehead atoms. The summed E-state index contributed by atoms with van der Waals surface area (Å²) in [6.07, 6.45) is 0. The summed E-state index contributed by atoms with van der Waals surface area (Å²) in [7, 11) is 1.46.